The van der Waals surface area contributed by atoms with Crippen LogP contribution in [0.25, 0.3) is 0 Å². The number of esters is 1. The average Bonchev–Trinajstić information content (AvgIpc) is 2.89. The molecule has 0 aromatic carbocycles. The Kier molecular flexibility index (Phi) is 3.04. The second-order valence-electron chi connectivity index (χ2n) is 3.88. The standard InChI is InChI=1S/C11H16N2O2/c1-2-15-11(14)9-7-12-10(13-9)8-5-3-4-6-8/h7-8H,2-6H2,1H3,(H,12,13). The minimum Gasteiger partial charge on any atom is -0.461 e. The van der Waals surface area contributed by atoms with Gasteiger partial charge in [0.15, 0.2) is 0 Å². The van der Waals surface area contributed by atoms with Crippen molar-refractivity contribution < 1.29 is 9.53 Å². The Bertz CT molecular complexity index is 340. The first-order valence-corrected chi connectivity index (χ1v) is 5.53. The highest BCUT2D eigenvalue weighted by Crippen LogP contribution is 2.32. The van der Waals surface area contributed by atoms with Crippen LogP contribution in [0.15, 0.2) is 6.20 Å². The van der Waals surface area contributed by atoms with Crippen LogP contribution in [0.4, 0.5) is 0 Å². The lowest BCUT2D eigenvalue weighted by atomic mass is 10.1. The largest absolute Gasteiger partial charge is 0.461 e. The van der Waals surface area contributed by atoms with Crippen LogP contribution in [-0.2, 0) is 4.74 Å². The molecule has 0 radical (unpaired) electrons. The molecule has 1 aliphatic rings. The van der Waals surface area contributed by atoms with Crippen molar-refractivity contribution in [1.29, 1.82) is 0 Å². The van der Waals surface area contributed by atoms with Crippen molar-refractivity contribution in [2.24, 2.45) is 0 Å². The number of imidazole rings is 1. The fourth-order valence-corrected chi connectivity index (χ4v) is 2.06. The summed E-state index contributed by atoms with van der Waals surface area (Å²) in [5.74, 6) is 1.14. The summed E-state index contributed by atoms with van der Waals surface area (Å²) in [6.45, 7) is 2.20. The number of H-pyrrole nitrogens is 1. The number of nitrogens with one attached hydrogen (secondary N) is 1. The highest BCUT2D eigenvalue weighted by atomic mass is 16.5. The van der Waals surface area contributed by atoms with Gasteiger partial charge in [0, 0.05) is 5.92 Å². The van der Waals surface area contributed by atoms with Gasteiger partial charge < -0.3 is 9.72 Å². The molecule has 0 bridgehead atoms. The van der Waals surface area contributed by atoms with E-state index in [0.717, 1.165) is 5.82 Å². The van der Waals surface area contributed by atoms with E-state index in [2.05, 4.69) is 9.97 Å². The maximum Gasteiger partial charge on any atom is 0.356 e. The molecule has 0 aliphatic heterocycles. The van der Waals surface area contributed by atoms with E-state index in [1.807, 2.05) is 0 Å². The quantitative estimate of drug-likeness (QED) is 0.775. The van der Waals surface area contributed by atoms with Gasteiger partial charge >= 0.3 is 5.97 Å². The number of hydrogen-bond donors (Lipinski definition) is 1. The van der Waals surface area contributed by atoms with Crippen LogP contribution in [0.5, 0.6) is 0 Å². The molecule has 1 aromatic rings. The molecule has 1 fully saturated rings. The SMILES string of the molecule is CCOC(=O)c1cnc(C2CCCC2)[nH]1. The van der Waals surface area contributed by atoms with Crippen molar-refractivity contribution in [3.05, 3.63) is 17.7 Å². The number of aromatic amines is 1. The van der Waals surface area contributed by atoms with Crippen LogP contribution in [-0.4, -0.2) is 22.5 Å². The molecule has 0 unspecified atom stereocenters. The molecule has 0 atom stereocenters. The zero-order chi connectivity index (χ0) is 10.7. The fraction of sp³-hybridized carbons (Fsp3) is 0.636. The van der Waals surface area contributed by atoms with Gasteiger partial charge in [0.1, 0.15) is 11.5 Å². The van der Waals surface area contributed by atoms with E-state index in [9.17, 15) is 4.79 Å². The molecule has 1 saturated carbocycles. The summed E-state index contributed by atoms with van der Waals surface area (Å²) in [5.41, 5.74) is 0.471. The molecule has 1 heterocycles. The van der Waals surface area contributed by atoms with Gasteiger partial charge in [-0.25, -0.2) is 9.78 Å². The van der Waals surface area contributed by atoms with Crippen LogP contribution in [0, 0.1) is 0 Å². The third-order valence-electron chi connectivity index (χ3n) is 2.83. The van der Waals surface area contributed by atoms with E-state index < -0.39 is 0 Å². The molecule has 15 heavy (non-hydrogen) atoms. The van der Waals surface area contributed by atoms with Gasteiger partial charge in [0.2, 0.25) is 0 Å². The minimum absolute atomic E-state index is 0.311. The topological polar surface area (TPSA) is 55.0 Å². The average molecular weight is 208 g/mol. The highest BCUT2D eigenvalue weighted by Gasteiger charge is 2.21. The smallest absolute Gasteiger partial charge is 0.356 e. The van der Waals surface area contributed by atoms with E-state index in [4.69, 9.17) is 4.74 Å². The van der Waals surface area contributed by atoms with E-state index >= 15 is 0 Å². The first-order chi connectivity index (χ1) is 7.31. The number of rotatable bonds is 3. The predicted molar refractivity (Wildman–Crippen MR) is 55.8 cm³/mol. The first kappa shape index (κ1) is 10.2. The second kappa shape index (κ2) is 4.47. The molecule has 1 aliphatic carbocycles. The van der Waals surface area contributed by atoms with Crippen molar-refractivity contribution in [2.45, 2.75) is 38.5 Å². The molecule has 4 heteroatoms. The molecule has 1 aromatic heterocycles. The first-order valence-electron chi connectivity index (χ1n) is 5.53. The van der Waals surface area contributed by atoms with Crippen molar-refractivity contribution in [2.75, 3.05) is 6.61 Å². The Morgan fingerprint density at radius 1 is 1.60 bits per heavy atom. The molecular weight excluding hydrogens is 192 g/mol. The number of hydrogen-bond acceptors (Lipinski definition) is 3. The summed E-state index contributed by atoms with van der Waals surface area (Å²) in [5, 5.41) is 0. The number of ether oxygens (including phenoxy) is 1. The number of nitrogens with zero attached hydrogens (tertiary/aromatic N) is 1. The second-order valence-corrected chi connectivity index (χ2v) is 3.88. The van der Waals surface area contributed by atoms with E-state index in [1.165, 1.54) is 25.7 Å². The van der Waals surface area contributed by atoms with Gasteiger partial charge in [0.25, 0.3) is 0 Å². The van der Waals surface area contributed by atoms with E-state index in [0.29, 0.717) is 18.2 Å². The molecule has 4 nitrogen and oxygen atoms in total. The highest BCUT2D eigenvalue weighted by molar-refractivity contribution is 5.86. The Morgan fingerprint density at radius 3 is 3.00 bits per heavy atom. The maximum atomic E-state index is 11.4. The van der Waals surface area contributed by atoms with Gasteiger partial charge in [0.05, 0.1) is 12.8 Å². The zero-order valence-corrected chi connectivity index (χ0v) is 8.95. The van der Waals surface area contributed by atoms with E-state index in [1.54, 1.807) is 13.1 Å². The van der Waals surface area contributed by atoms with Crippen LogP contribution < -0.4 is 0 Å². The Morgan fingerprint density at radius 2 is 2.33 bits per heavy atom. The summed E-state index contributed by atoms with van der Waals surface area (Å²) < 4.78 is 4.89. The molecule has 2 rings (SSSR count). The van der Waals surface area contributed by atoms with Gasteiger partial charge in [-0.05, 0) is 19.8 Å². The summed E-state index contributed by atoms with van der Waals surface area (Å²) in [7, 11) is 0. The lowest BCUT2D eigenvalue weighted by molar-refractivity contribution is 0.0520. The zero-order valence-electron chi connectivity index (χ0n) is 8.95. The predicted octanol–water partition coefficient (Wildman–Crippen LogP) is 2.24. The molecular formula is C11H16N2O2. The van der Waals surface area contributed by atoms with Gasteiger partial charge in [-0.3, -0.25) is 0 Å². The molecule has 0 amide bonds. The molecule has 82 valence electrons. The van der Waals surface area contributed by atoms with Crippen molar-refractivity contribution in [3.63, 3.8) is 0 Å². The Hall–Kier alpha value is -1.32. The molecule has 0 spiro atoms. The van der Waals surface area contributed by atoms with Crippen molar-refractivity contribution >= 4 is 5.97 Å². The normalized spacial score (nSPS) is 16.9. The summed E-state index contributed by atoms with van der Waals surface area (Å²) in [4.78, 5) is 18.7. The van der Waals surface area contributed by atoms with Gasteiger partial charge in [-0.1, -0.05) is 12.8 Å². The number of carbonyl (C=O) groups is 1. The van der Waals surface area contributed by atoms with Gasteiger partial charge in [-0.15, -0.1) is 0 Å². The summed E-state index contributed by atoms with van der Waals surface area (Å²) in [6, 6.07) is 0. The van der Waals surface area contributed by atoms with Crippen molar-refractivity contribution in [3.8, 4) is 0 Å². The Labute approximate surface area is 89.0 Å². The van der Waals surface area contributed by atoms with Crippen LogP contribution in [0.3, 0.4) is 0 Å². The number of carbonyl (C=O) groups excluding carboxylic acids is 1. The van der Waals surface area contributed by atoms with E-state index in [-0.39, 0.29) is 5.97 Å². The summed E-state index contributed by atoms with van der Waals surface area (Å²) >= 11 is 0. The maximum absolute atomic E-state index is 11.4. The lowest BCUT2D eigenvalue weighted by Gasteiger charge is -2.03. The van der Waals surface area contributed by atoms with Crippen LogP contribution in [0.2, 0.25) is 0 Å². The lowest BCUT2D eigenvalue weighted by Crippen LogP contribution is -2.05. The molecule has 1 N–H and O–H groups in total. The van der Waals surface area contributed by atoms with Crippen molar-refractivity contribution in [1.82, 2.24) is 9.97 Å². The van der Waals surface area contributed by atoms with Crippen LogP contribution in [0.1, 0.15) is 54.8 Å². The number of aromatic nitrogens is 2. The Balaban J connectivity index is 2.06. The fourth-order valence-electron chi connectivity index (χ4n) is 2.06. The summed E-state index contributed by atoms with van der Waals surface area (Å²) in [6.07, 6.45) is 6.46. The minimum atomic E-state index is -0.311. The van der Waals surface area contributed by atoms with Gasteiger partial charge in [-0.2, -0.15) is 0 Å². The van der Waals surface area contributed by atoms with Crippen LogP contribution >= 0.6 is 0 Å². The third-order valence-corrected chi connectivity index (χ3v) is 2.83. The molecule has 0 saturated heterocycles. The monoisotopic (exact) mass is 208 g/mol. The third kappa shape index (κ3) is 2.19.